The van der Waals surface area contributed by atoms with Crippen LogP contribution >= 0.6 is 23.2 Å². The summed E-state index contributed by atoms with van der Waals surface area (Å²) < 4.78 is 0. The Morgan fingerprint density at radius 1 is 0.739 bits per heavy atom. The summed E-state index contributed by atoms with van der Waals surface area (Å²) in [5.41, 5.74) is 1.92. The van der Waals surface area contributed by atoms with Gasteiger partial charge in [-0.3, -0.25) is 9.69 Å². The number of nitrogens with zero attached hydrogens (tertiary/aromatic N) is 1. The van der Waals surface area contributed by atoms with Gasteiger partial charge in [0.1, 0.15) is 0 Å². The first-order chi connectivity index (χ1) is 11.2. The van der Waals surface area contributed by atoms with Crippen LogP contribution in [0.2, 0.25) is 10.0 Å². The lowest BCUT2D eigenvalue weighted by atomic mass is 10.1. The van der Waals surface area contributed by atoms with Crippen LogP contribution in [0.1, 0.15) is 10.4 Å². The van der Waals surface area contributed by atoms with Crippen LogP contribution in [0.5, 0.6) is 0 Å². The van der Waals surface area contributed by atoms with E-state index in [2.05, 4.69) is 0 Å². The molecule has 0 fully saturated rings. The molecule has 0 bridgehead atoms. The number of rotatable bonds is 3. The number of hydrogen-bond donors (Lipinski definition) is 0. The molecule has 0 saturated heterocycles. The van der Waals surface area contributed by atoms with Crippen molar-refractivity contribution in [1.29, 1.82) is 0 Å². The SMILES string of the molecule is O=C(c1ccccc1)N(c1ccc(Cl)cc1)c1ccccc1Cl. The van der Waals surface area contributed by atoms with Crippen molar-refractivity contribution >= 4 is 40.5 Å². The number of benzene rings is 3. The molecular weight excluding hydrogens is 329 g/mol. The number of halogens is 2. The summed E-state index contributed by atoms with van der Waals surface area (Å²) >= 11 is 12.3. The highest BCUT2D eigenvalue weighted by atomic mass is 35.5. The summed E-state index contributed by atoms with van der Waals surface area (Å²) in [5, 5.41) is 1.12. The van der Waals surface area contributed by atoms with Gasteiger partial charge in [-0.25, -0.2) is 0 Å². The predicted molar refractivity (Wildman–Crippen MR) is 95.8 cm³/mol. The second kappa shape index (κ2) is 6.86. The fraction of sp³-hybridized carbons (Fsp3) is 0. The van der Waals surface area contributed by atoms with Crippen LogP contribution in [0.25, 0.3) is 0 Å². The van der Waals surface area contributed by atoms with Gasteiger partial charge in [0.2, 0.25) is 0 Å². The van der Waals surface area contributed by atoms with Crippen LogP contribution in [-0.4, -0.2) is 5.91 Å². The van der Waals surface area contributed by atoms with E-state index in [1.165, 1.54) is 0 Å². The molecule has 0 unspecified atom stereocenters. The van der Waals surface area contributed by atoms with E-state index < -0.39 is 0 Å². The van der Waals surface area contributed by atoms with Gasteiger partial charge in [-0.1, -0.05) is 53.5 Å². The molecule has 114 valence electrons. The number of carbonyl (C=O) groups excluding carboxylic acids is 1. The lowest BCUT2D eigenvalue weighted by molar-refractivity contribution is 0.0999. The highest BCUT2D eigenvalue weighted by molar-refractivity contribution is 6.34. The summed E-state index contributed by atoms with van der Waals surface area (Å²) in [4.78, 5) is 14.6. The number of hydrogen-bond acceptors (Lipinski definition) is 1. The third-order valence-corrected chi connectivity index (χ3v) is 3.97. The van der Waals surface area contributed by atoms with E-state index in [1.807, 2.05) is 36.4 Å². The lowest BCUT2D eigenvalue weighted by Gasteiger charge is -2.24. The van der Waals surface area contributed by atoms with Crippen LogP contribution in [0.3, 0.4) is 0 Å². The van der Waals surface area contributed by atoms with Crippen molar-refractivity contribution in [3.05, 3.63) is 94.5 Å². The summed E-state index contributed by atoms with van der Waals surface area (Å²) in [6, 6.07) is 23.5. The van der Waals surface area contributed by atoms with Gasteiger partial charge in [-0.05, 0) is 48.5 Å². The summed E-state index contributed by atoms with van der Waals surface area (Å²) in [6.07, 6.45) is 0. The zero-order valence-corrected chi connectivity index (χ0v) is 13.6. The minimum atomic E-state index is -0.152. The maximum absolute atomic E-state index is 13.0. The van der Waals surface area contributed by atoms with Crippen LogP contribution in [0, 0.1) is 0 Å². The van der Waals surface area contributed by atoms with E-state index in [0.29, 0.717) is 27.0 Å². The molecule has 23 heavy (non-hydrogen) atoms. The highest BCUT2D eigenvalue weighted by Gasteiger charge is 2.21. The summed E-state index contributed by atoms with van der Waals surface area (Å²) in [7, 11) is 0. The summed E-state index contributed by atoms with van der Waals surface area (Å²) in [6.45, 7) is 0. The first-order valence-corrected chi connectivity index (χ1v) is 7.82. The van der Waals surface area contributed by atoms with E-state index in [9.17, 15) is 4.79 Å². The Balaban J connectivity index is 2.12. The number of para-hydroxylation sites is 1. The van der Waals surface area contributed by atoms with Crippen molar-refractivity contribution < 1.29 is 4.79 Å². The van der Waals surface area contributed by atoms with Crippen molar-refractivity contribution in [3.8, 4) is 0 Å². The molecule has 2 nitrogen and oxygen atoms in total. The molecule has 3 rings (SSSR count). The molecule has 0 radical (unpaired) electrons. The minimum absolute atomic E-state index is 0.152. The van der Waals surface area contributed by atoms with E-state index in [1.54, 1.807) is 47.4 Å². The van der Waals surface area contributed by atoms with Crippen molar-refractivity contribution in [2.45, 2.75) is 0 Å². The predicted octanol–water partition coefficient (Wildman–Crippen LogP) is 5.97. The maximum Gasteiger partial charge on any atom is 0.262 e. The summed E-state index contributed by atoms with van der Waals surface area (Å²) in [5.74, 6) is -0.152. The van der Waals surface area contributed by atoms with Gasteiger partial charge < -0.3 is 0 Å². The van der Waals surface area contributed by atoms with Gasteiger partial charge in [-0.2, -0.15) is 0 Å². The van der Waals surface area contributed by atoms with Crippen LogP contribution < -0.4 is 4.90 Å². The molecule has 3 aromatic rings. The van der Waals surface area contributed by atoms with Crippen molar-refractivity contribution in [2.75, 3.05) is 4.90 Å². The second-order valence-corrected chi connectivity index (χ2v) is 5.78. The molecule has 0 spiro atoms. The largest absolute Gasteiger partial charge is 0.275 e. The highest BCUT2D eigenvalue weighted by Crippen LogP contribution is 2.33. The second-order valence-electron chi connectivity index (χ2n) is 4.93. The smallest absolute Gasteiger partial charge is 0.262 e. The van der Waals surface area contributed by atoms with Crippen molar-refractivity contribution in [3.63, 3.8) is 0 Å². The monoisotopic (exact) mass is 341 g/mol. The number of amides is 1. The number of anilines is 2. The van der Waals surface area contributed by atoms with Gasteiger partial charge in [0.15, 0.2) is 0 Å². The zero-order valence-electron chi connectivity index (χ0n) is 12.1. The quantitative estimate of drug-likeness (QED) is 0.574. The Morgan fingerprint density at radius 3 is 2.00 bits per heavy atom. The molecule has 4 heteroatoms. The average Bonchev–Trinajstić information content (AvgIpc) is 2.59. The Kier molecular flexibility index (Phi) is 4.65. The normalized spacial score (nSPS) is 10.3. The molecule has 0 heterocycles. The third kappa shape index (κ3) is 3.39. The molecule has 0 aliphatic carbocycles. The Morgan fingerprint density at radius 2 is 1.35 bits per heavy atom. The Bertz CT molecular complexity index is 816. The van der Waals surface area contributed by atoms with E-state index in [4.69, 9.17) is 23.2 Å². The van der Waals surface area contributed by atoms with E-state index in [-0.39, 0.29) is 5.91 Å². The van der Waals surface area contributed by atoms with Crippen LogP contribution in [0.4, 0.5) is 11.4 Å². The molecule has 0 aromatic heterocycles. The van der Waals surface area contributed by atoms with Gasteiger partial charge in [0.25, 0.3) is 5.91 Å². The van der Waals surface area contributed by atoms with Crippen LogP contribution in [-0.2, 0) is 0 Å². The van der Waals surface area contributed by atoms with Crippen molar-refractivity contribution in [2.24, 2.45) is 0 Å². The first-order valence-electron chi connectivity index (χ1n) is 7.06. The Hall–Kier alpha value is -2.29. The van der Waals surface area contributed by atoms with Gasteiger partial charge in [0, 0.05) is 16.3 Å². The fourth-order valence-electron chi connectivity index (χ4n) is 2.30. The molecular formula is C19H13Cl2NO. The lowest BCUT2D eigenvalue weighted by Crippen LogP contribution is -2.26. The van der Waals surface area contributed by atoms with Gasteiger partial charge >= 0.3 is 0 Å². The molecule has 1 amide bonds. The zero-order chi connectivity index (χ0) is 16.2. The minimum Gasteiger partial charge on any atom is -0.275 e. The fourth-order valence-corrected chi connectivity index (χ4v) is 2.65. The third-order valence-electron chi connectivity index (χ3n) is 3.40. The standard InChI is InChI=1S/C19H13Cl2NO/c20-15-10-12-16(13-11-15)22(18-9-5-4-8-17(18)21)19(23)14-6-2-1-3-7-14/h1-13H. The van der Waals surface area contributed by atoms with Crippen LogP contribution in [0.15, 0.2) is 78.9 Å². The molecule has 0 aliphatic heterocycles. The molecule has 3 aromatic carbocycles. The van der Waals surface area contributed by atoms with Gasteiger partial charge in [0.05, 0.1) is 10.7 Å². The molecule has 0 N–H and O–H groups in total. The molecule has 0 saturated carbocycles. The molecule has 0 aliphatic rings. The average molecular weight is 342 g/mol. The van der Waals surface area contributed by atoms with E-state index in [0.717, 1.165) is 0 Å². The first kappa shape index (κ1) is 15.6. The number of carbonyl (C=O) groups is 1. The van der Waals surface area contributed by atoms with Crippen molar-refractivity contribution in [1.82, 2.24) is 0 Å². The molecule has 0 atom stereocenters. The topological polar surface area (TPSA) is 20.3 Å². The Labute approximate surface area is 144 Å². The van der Waals surface area contributed by atoms with Gasteiger partial charge in [-0.15, -0.1) is 0 Å². The maximum atomic E-state index is 13.0. The van der Waals surface area contributed by atoms with E-state index >= 15 is 0 Å².